The van der Waals surface area contributed by atoms with Crippen LogP contribution in [0.5, 0.6) is 0 Å². The molecule has 1 aliphatic rings. The second-order valence-corrected chi connectivity index (χ2v) is 5.56. The Morgan fingerprint density at radius 2 is 2.18 bits per heavy atom. The third kappa shape index (κ3) is 3.13. The average Bonchev–Trinajstić information content (AvgIpc) is 2.57. The highest BCUT2D eigenvalue weighted by Gasteiger charge is 2.16. The summed E-state index contributed by atoms with van der Waals surface area (Å²) >= 11 is 1.95. The number of rotatable bonds is 2. The SMILES string of the molecule is C[C@H](O)c1cc(F)ccc1N1CCCSCC1. The van der Waals surface area contributed by atoms with E-state index in [0.717, 1.165) is 31.0 Å². The van der Waals surface area contributed by atoms with E-state index in [9.17, 15) is 9.50 Å². The van der Waals surface area contributed by atoms with Gasteiger partial charge >= 0.3 is 0 Å². The normalized spacial score (nSPS) is 18.9. The monoisotopic (exact) mass is 255 g/mol. The zero-order valence-electron chi connectivity index (χ0n) is 10.0. The molecule has 0 aliphatic carbocycles. The van der Waals surface area contributed by atoms with Crippen molar-refractivity contribution in [1.82, 2.24) is 0 Å². The third-order valence-electron chi connectivity index (χ3n) is 3.00. The lowest BCUT2D eigenvalue weighted by Gasteiger charge is -2.26. The number of halogens is 1. The zero-order chi connectivity index (χ0) is 12.3. The van der Waals surface area contributed by atoms with Gasteiger partial charge in [0.05, 0.1) is 6.10 Å². The molecule has 1 N–H and O–H groups in total. The van der Waals surface area contributed by atoms with Gasteiger partial charge < -0.3 is 10.0 Å². The molecule has 1 atom stereocenters. The van der Waals surface area contributed by atoms with Crippen LogP contribution in [0.25, 0.3) is 0 Å². The topological polar surface area (TPSA) is 23.5 Å². The summed E-state index contributed by atoms with van der Waals surface area (Å²) in [6.45, 7) is 3.64. The Morgan fingerprint density at radius 1 is 1.35 bits per heavy atom. The second-order valence-electron chi connectivity index (χ2n) is 4.33. The summed E-state index contributed by atoms with van der Waals surface area (Å²) in [5.74, 6) is 1.99. The summed E-state index contributed by atoms with van der Waals surface area (Å²) in [5, 5.41) is 9.73. The lowest BCUT2D eigenvalue weighted by Crippen LogP contribution is -2.26. The number of thioether (sulfide) groups is 1. The number of nitrogens with zero attached hydrogens (tertiary/aromatic N) is 1. The molecule has 0 aromatic heterocycles. The highest BCUT2D eigenvalue weighted by molar-refractivity contribution is 7.99. The van der Waals surface area contributed by atoms with E-state index in [1.807, 2.05) is 11.8 Å². The van der Waals surface area contributed by atoms with Crippen molar-refractivity contribution in [2.24, 2.45) is 0 Å². The maximum Gasteiger partial charge on any atom is 0.123 e. The van der Waals surface area contributed by atoms with Crippen molar-refractivity contribution in [2.45, 2.75) is 19.4 Å². The highest BCUT2D eigenvalue weighted by Crippen LogP contribution is 2.28. The lowest BCUT2D eigenvalue weighted by molar-refractivity contribution is 0.199. The lowest BCUT2D eigenvalue weighted by atomic mass is 10.1. The Hall–Kier alpha value is -0.740. The Bertz CT molecular complexity index is 376. The third-order valence-corrected chi connectivity index (χ3v) is 4.05. The van der Waals surface area contributed by atoms with E-state index in [1.54, 1.807) is 13.0 Å². The standard InChI is InChI=1S/C13H18FNOS/c1-10(16)12-9-11(14)3-4-13(12)15-5-2-7-17-8-6-15/h3-4,9-10,16H,2,5-8H2,1H3/t10-/m0/s1. The van der Waals surface area contributed by atoms with E-state index >= 15 is 0 Å². The summed E-state index contributed by atoms with van der Waals surface area (Å²) in [7, 11) is 0. The summed E-state index contributed by atoms with van der Waals surface area (Å²) in [6.07, 6.45) is 0.512. The number of anilines is 1. The molecule has 0 bridgehead atoms. The van der Waals surface area contributed by atoms with Crippen molar-refractivity contribution < 1.29 is 9.50 Å². The van der Waals surface area contributed by atoms with E-state index in [1.165, 1.54) is 17.9 Å². The Labute approximate surface area is 106 Å². The fraction of sp³-hybridized carbons (Fsp3) is 0.538. The maximum atomic E-state index is 13.2. The van der Waals surface area contributed by atoms with Crippen LogP contribution >= 0.6 is 11.8 Å². The van der Waals surface area contributed by atoms with Gasteiger partial charge in [0.15, 0.2) is 0 Å². The number of aliphatic hydroxyl groups is 1. The average molecular weight is 255 g/mol. The first-order chi connectivity index (χ1) is 8.18. The molecule has 1 saturated heterocycles. The van der Waals surface area contributed by atoms with E-state index in [-0.39, 0.29) is 5.82 Å². The molecule has 0 saturated carbocycles. The molecule has 0 amide bonds. The highest BCUT2D eigenvalue weighted by atomic mass is 32.2. The molecule has 4 heteroatoms. The first kappa shape index (κ1) is 12.7. The van der Waals surface area contributed by atoms with Crippen LogP contribution in [0, 0.1) is 5.82 Å². The van der Waals surface area contributed by atoms with Gasteiger partial charge in [-0.1, -0.05) is 0 Å². The first-order valence-electron chi connectivity index (χ1n) is 5.98. The van der Waals surface area contributed by atoms with Gasteiger partial charge in [0.25, 0.3) is 0 Å². The predicted molar refractivity (Wildman–Crippen MR) is 71.2 cm³/mol. The summed E-state index contributed by atoms with van der Waals surface area (Å²) in [5.41, 5.74) is 1.67. The number of benzene rings is 1. The summed E-state index contributed by atoms with van der Waals surface area (Å²) in [4.78, 5) is 2.25. The zero-order valence-corrected chi connectivity index (χ0v) is 10.8. The molecule has 94 valence electrons. The molecule has 1 aromatic rings. The molecule has 0 spiro atoms. The van der Waals surface area contributed by atoms with Crippen molar-refractivity contribution in [3.8, 4) is 0 Å². The predicted octanol–water partition coefficient (Wildman–Crippen LogP) is 2.82. The Balaban J connectivity index is 2.29. The molecule has 17 heavy (non-hydrogen) atoms. The number of hydrogen-bond acceptors (Lipinski definition) is 3. The molecule has 2 nitrogen and oxygen atoms in total. The van der Waals surface area contributed by atoms with Gasteiger partial charge in [-0.05, 0) is 37.3 Å². The van der Waals surface area contributed by atoms with Crippen LogP contribution in [-0.4, -0.2) is 29.7 Å². The van der Waals surface area contributed by atoms with Gasteiger partial charge in [0, 0.05) is 30.1 Å². The minimum Gasteiger partial charge on any atom is -0.389 e. The molecule has 2 rings (SSSR count). The van der Waals surface area contributed by atoms with Crippen molar-refractivity contribution in [3.05, 3.63) is 29.6 Å². The fourth-order valence-electron chi connectivity index (χ4n) is 2.13. The Morgan fingerprint density at radius 3 is 2.94 bits per heavy atom. The molecule has 0 unspecified atom stereocenters. The maximum absolute atomic E-state index is 13.2. The van der Waals surface area contributed by atoms with E-state index in [4.69, 9.17) is 0 Å². The molecule has 1 aromatic carbocycles. The minimum absolute atomic E-state index is 0.283. The molecule has 1 aliphatic heterocycles. The van der Waals surface area contributed by atoms with Crippen molar-refractivity contribution in [1.29, 1.82) is 0 Å². The van der Waals surface area contributed by atoms with Crippen molar-refractivity contribution in [3.63, 3.8) is 0 Å². The quantitative estimate of drug-likeness (QED) is 0.879. The summed E-state index contributed by atoms with van der Waals surface area (Å²) < 4.78 is 13.2. The van der Waals surface area contributed by atoms with Crippen LogP contribution in [0.1, 0.15) is 25.0 Å². The van der Waals surface area contributed by atoms with Crippen LogP contribution in [0.15, 0.2) is 18.2 Å². The van der Waals surface area contributed by atoms with Crippen LogP contribution in [0.3, 0.4) is 0 Å². The second kappa shape index (κ2) is 5.74. The molecule has 0 radical (unpaired) electrons. The minimum atomic E-state index is -0.628. The molecule has 1 heterocycles. The number of aliphatic hydroxyl groups excluding tert-OH is 1. The van der Waals surface area contributed by atoms with Crippen LogP contribution in [0.4, 0.5) is 10.1 Å². The van der Waals surface area contributed by atoms with E-state index < -0.39 is 6.10 Å². The molecular weight excluding hydrogens is 237 g/mol. The van der Waals surface area contributed by atoms with E-state index in [2.05, 4.69) is 4.90 Å². The van der Waals surface area contributed by atoms with Crippen LogP contribution in [0.2, 0.25) is 0 Å². The Kier molecular flexibility index (Phi) is 4.29. The number of hydrogen-bond donors (Lipinski definition) is 1. The van der Waals surface area contributed by atoms with Gasteiger partial charge in [-0.3, -0.25) is 0 Å². The first-order valence-corrected chi connectivity index (χ1v) is 7.14. The smallest absolute Gasteiger partial charge is 0.123 e. The van der Waals surface area contributed by atoms with Gasteiger partial charge in [-0.2, -0.15) is 11.8 Å². The van der Waals surface area contributed by atoms with E-state index in [0.29, 0.717) is 5.56 Å². The van der Waals surface area contributed by atoms with Crippen molar-refractivity contribution in [2.75, 3.05) is 29.5 Å². The van der Waals surface area contributed by atoms with Crippen LogP contribution in [-0.2, 0) is 0 Å². The summed E-state index contributed by atoms with van der Waals surface area (Å²) in [6, 6.07) is 4.70. The largest absolute Gasteiger partial charge is 0.389 e. The molecule has 1 fully saturated rings. The van der Waals surface area contributed by atoms with Gasteiger partial charge in [-0.25, -0.2) is 4.39 Å². The van der Waals surface area contributed by atoms with Gasteiger partial charge in [0.2, 0.25) is 0 Å². The fourth-order valence-corrected chi connectivity index (χ4v) is 3.02. The van der Waals surface area contributed by atoms with Gasteiger partial charge in [-0.15, -0.1) is 0 Å². The van der Waals surface area contributed by atoms with Crippen molar-refractivity contribution >= 4 is 17.4 Å². The van der Waals surface area contributed by atoms with Gasteiger partial charge in [0.1, 0.15) is 5.82 Å². The van der Waals surface area contributed by atoms with Crippen LogP contribution < -0.4 is 4.90 Å². The molecular formula is C13H18FNOS.